The highest BCUT2D eigenvalue weighted by atomic mass is 15.3. The summed E-state index contributed by atoms with van der Waals surface area (Å²) in [7, 11) is 0. The smallest absolute Gasteiger partial charge is 0.226 e. The molecule has 1 aliphatic heterocycles. The number of imidazole rings is 1. The molecule has 0 amide bonds. The first-order valence-corrected chi connectivity index (χ1v) is 16.3. The lowest BCUT2D eigenvalue weighted by Gasteiger charge is -2.22. The number of nitrogen functional groups attached to an aromatic ring is 1. The lowest BCUT2D eigenvalue weighted by atomic mass is 9.97. The zero-order valence-corrected chi connectivity index (χ0v) is 27.2. The van der Waals surface area contributed by atoms with Crippen LogP contribution in [-0.4, -0.2) is 60.6 Å². The minimum atomic E-state index is 0.394. The molecule has 0 saturated carbocycles. The molecule has 0 spiro atoms. The van der Waals surface area contributed by atoms with Crippen LogP contribution in [0.2, 0.25) is 0 Å². The Hall–Kier alpha value is -5.40. The van der Waals surface area contributed by atoms with Gasteiger partial charge in [-0.1, -0.05) is 51.1 Å². The number of rotatable bonds is 6. The van der Waals surface area contributed by atoms with Gasteiger partial charge in [0.05, 0.1) is 11.3 Å². The minimum Gasteiger partial charge on any atom is -0.383 e. The van der Waals surface area contributed by atoms with Crippen LogP contribution >= 0.6 is 0 Å². The summed E-state index contributed by atoms with van der Waals surface area (Å²) in [5, 5.41) is 9.23. The van der Waals surface area contributed by atoms with Gasteiger partial charge in [-0.3, -0.25) is 9.47 Å². The number of fused-ring (bicyclic) bond motifs is 1. The van der Waals surface area contributed by atoms with Crippen molar-refractivity contribution >= 4 is 28.5 Å². The monoisotopic (exact) mass is 624 g/mol. The third kappa shape index (κ3) is 6.90. The average molecular weight is 625 g/mol. The van der Waals surface area contributed by atoms with Crippen molar-refractivity contribution in [3.63, 3.8) is 0 Å². The molecule has 47 heavy (non-hydrogen) atoms. The van der Waals surface area contributed by atoms with E-state index in [2.05, 4.69) is 84.8 Å². The largest absolute Gasteiger partial charge is 0.383 e. The van der Waals surface area contributed by atoms with E-state index in [1.807, 2.05) is 38.1 Å². The number of aromatic nitrogens is 6. The Bertz CT molecular complexity index is 1950. The van der Waals surface area contributed by atoms with Crippen molar-refractivity contribution in [3.05, 3.63) is 102 Å². The van der Waals surface area contributed by atoms with Crippen molar-refractivity contribution in [2.75, 3.05) is 36.8 Å². The Morgan fingerprint density at radius 2 is 1.77 bits per heavy atom. The van der Waals surface area contributed by atoms with Crippen molar-refractivity contribution in [1.29, 1.82) is 5.26 Å². The van der Waals surface area contributed by atoms with Gasteiger partial charge >= 0.3 is 0 Å². The number of nitrogens with zero attached hydrogens (tertiary/aromatic N) is 9. The summed E-state index contributed by atoms with van der Waals surface area (Å²) in [6, 6.07) is 20.3. The predicted molar refractivity (Wildman–Crippen MR) is 188 cm³/mol. The fourth-order valence-corrected chi connectivity index (χ4v) is 5.97. The van der Waals surface area contributed by atoms with Gasteiger partial charge in [-0.2, -0.15) is 5.26 Å². The number of allylic oxidation sites excluding steroid dienone is 4. The van der Waals surface area contributed by atoms with E-state index in [0.29, 0.717) is 29.2 Å². The first kappa shape index (κ1) is 31.6. The number of hydrogen-bond donors (Lipinski definition) is 1. The molecule has 0 bridgehead atoms. The fraction of sp³-hybridized carbons (Fsp3) is 0.297. The summed E-state index contributed by atoms with van der Waals surface area (Å²) in [6.45, 7) is 10.6. The maximum Gasteiger partial charge on any atom is 0.226 e. The number of anilines is 2. The molecule has 1 atom stereocenters. The summed E-state index contributed by atoms with van der Waals surface area (Å²) >= 11 is 0. The summed E-state index contributed by atoms with van der Waals surface area (Å²) in [6.07, 6.45) is 12.0. The average Bonchev–Trinajstić information content (AvgIpc) is 3.33. The second-order valence-corrected chi connectivity index (χ2v) is 11.6. The Morgan fingerprint density at radius 1 is 0.915 bits per heavy atom. The van der Waals surface area contributed by atoms with E-state index in [0.717, 1.165) is 79.2 Å². The minimum absolute atomic E-state index is 0.394. The van der Waals surface area contributed by atoms with E-state index in [1.54, 1.807) is 18.5 Å². The van der Waals surface area contributed by atoms with Crippen molar-refractivity contribution in [2.45, 2.75) is 40.2 Å². The Labute approximate surface area is 276 Å². The van der Waals surface area contributed by atoms with Crippen LogP contribution in [0.25, 0.3) is 33.8 Å². The Morgan fingerprint density at radius 3 is 2.53 bits per heavy atom. The number of nitrogens with two attached hydrogens (primary N) is 1. The molecule has 2 aliphatic rings. The summed E-state index contributed by atoms with van der Waals surface area (Å²) in [4.78, 5) is 27.9. The van der Waals surface area contributed by atoms with Crippen LogP contribution in [0.4, 0.5) is 11.8 Å². The maximum absolute atomic E-state index is 9.23. The van der Waals surface area contributed by atoms with E-state index in [9.17, 15) is 5.26 Å². The van der Waals surface area contributed by atoms with Crippen molar-refractivity contribution < 1.29 is 0 Å². The molecule has 2 N–H and O–H groups in total. The van der Waals surface area contributed by atoms with Crippen molar-refractivity contribution in [3.8, 4) is 23.1 Å². The molecule has 1 unspecified atom stereocenters. The highest BCUT2D eigenvalue weighted by Gasteiger charge is 2.21. The van der Waals surface area contributed by atoms with Gasteiger partial charge in [0.15, 0.2) is 11.5 Å². The predicted octanol–water partition coefficient (Wildman–Crippen LogP) is 6.44. The molecule has 5 aromatic rings. The van der Waals surface area contributed by atoms with E-state index < -0.39 is 0 Å². The molecule has 238 valence electrons. The van der Waals surface area contributed by atoms with Crippen molar-refractivity contribution in [2.24, 2.45) is 5.92 Å². The second kappa shape index (κ2) is 14.4. The molecule has 1 aliphatic carbocycles. The first-order valence-electron chi connectivity index (χ1n) is 16.3. The molecule has 1 fully saturated rings. The van der Waals surface area contributed by atoms with Gasteiger partial charge in [-0.05, 0) is 72.4 Å². The van der Waals surface area contributed by atoms with Crippen LogP contribution in [0.1, 0.15) is 50.6 Å². The van der Waals surface area contributed by atoms with Crippen LogP contribution in [0.5, 0.6) is 0 Å². The SMILES string of the molecule is CC.CC1C=CC(c2ccc3nc(-c4cccnc4N)n(-c4ccc(CN5CCCN(c6nccc(C#N)n6)CC5)cc4)c3n2)=CC1. The highest BCUT2D eigenvalue weighted by Crippen LogP contribution is 2.32. The number of nitriles is 1. The quantitative estimate of drug-likeness (QED) is 0.227. The molecule has 1 aromatic carbocycles. The lowest BCUT2D eigenvalue weighted by molar-refractivity contribution is 0.285. The summed E-state index contributed by atoms with van der Waals surface area (Å²) in [5.41, 5.74) is 13.3. The van der Waals surface area contributed by atoms with Gasteiger partial charge in [0.1, 0.15) is 23.1 Å². The van der Waals surface area contributed by atoms with Gasteiger partial charge < -0.3 is 10.6 Å². The van der Waals surface area contributed by atoms with E-state index >= 15 is 0 Å². The molecule has 5 heterocycles. The molecule has 1 saturated heterocycles. The highest BCUT2D eigenvalue weighted by molar-refractivity contribution is 5.85. The zero-order valence-electron chi connectivity index (χ0n) is 27.2. The van der Waals surface area contributed by atoms with Crippen LogP contribution in [0.15, 0.2) is 85.2 Å². The molecule has 4 aromatic heterocycles. The lowest BCUT2D eigenvalue weighted by Crippen LogP contribution is -2.31. The molecular weight excluding hydrogens is 584 g/mol. The van der Waals surface area contributed by atoms with Crippen molar-refractivity contribution in [1.82, 2.24) is 34.4 Å². The van der Waals surface area contributed by atoms with Crippen LogP contribution < -0.4 is 10.6 Å². The van der Waals surface area contributed by atoms with Crippen LogP contribution in [0.3, 0.4) is 0 Å². The van der Waals surface area contributed by atoms with Crippen LogP contribution in [0, 0.1) is 17.2 Å². The van der Waals surface area contributed by atoms with Crippen LogP contribution in [-0.2, 0) is 6.54 Å². The van der Waals surface area contributed by atoms with Gasteiger partial charge in [0.2, 0.25) is 5.95 Å². The first-order chi connectivity index (χ1) is 23.1. The number of benzene rings is 1. The summed E-state index contributed by atoms with van der Waals surface area (Å²) < 4.78 is 2.09. The maximum atomic E-state index is 9.23. The number of hydrogen-bond acceptors (Lipinski definition) is 9. The Balaban J connectivity index is 0.00000190. The van der Waals surface area contributed by atoms with E-state index in [1.165, 1.54) is 5.56 Å². The van der Waals surface area contributed by atoms with Gasteiger partial charge in [-0.25, -0.2) is 24.9 Å². The molecular formula is C37H40N10. The molecule has 7 rings (SSSR count). The van der Waals surface area contributed by atoms with Gasteiger partial charge in [-0.15, -0.1) is 0 Å². The topological polar surface area (TPSA) is 126 Å². The summed E-state index contributed by atoms with van der Waals surface area (Å²) in [5.74, 6) is 2.30. The molecule has 10 heteroatoms. The second-order valence-electron chi connectivity index (χ2n) is 11.6. The van der Waals surface area contributed by atoms with Gasteiger partial charge in [0, 0.05) is 50.8 Å². The Kier molecular flexibility index (Phi) is 9.64. The third-order valence-corrected chi connectivity index (χ3v) is 8.42. The standard InChI is InChI=1S/C35H34N10.C2H6/c1-24-5-9-26(10-6-24)30-13-14-31-34(41-30)45(33(42-31)29-4-2-16-38-32(29)37)28-11-7-25(8-12-28)23-43-18-3-19-44(21-20-43)35-39-17-15-27(22-36)40-35;1-2/h2,4-5,7-17,24H,3,6,18-21,23H2,1H3,(H2,37,38);1-2H3. The van der Waals surface area contributed by atoms with E-state index in [4.69, 9.17) is 15.7 Å². The fourth-order valence-electron chi connectivity index (χ4n) is 5.97. The van der Waals surface area contributed by atoms with E-state index in [-0.39, 0.29) is 0 Å². The molecule has 10 nitrogen and oxygen atoms in total. The third-order valence-electron chi connectivity index (χ3n) is 8.42. The zero-order chi connectivity index (χ0) is 32.8. The normalized spacial score (nSPS) is 16.6. The number of pyridine rings is 2. The molecule has 0 radical (unpaired) electrons. The van der Waals surface area contributed by atoms with Gasteiger partial charge in [0.25, 0.3) is 0 Å².